The summed E-state index contributed by atoms with van der Waals surface area (Å²) < 4.78 is 2.31. The number of benzene rings is 2. The van der Waals surface area contributed by atoms with Crippen LogP contribution in [0.2, 0.25) is 0 Å². The molecule has 3 aliphatic heterocycles. The number of phenols is 1. The van der Waals surface area contributed by atoms with Gasteiger partial charge in [0.15, 0.2) is 0 Å². The molecule has 0 saturated carbocycles. The third-order valence-electron chi connectivity index (χ3n) is 7.39. The predicted octanol–water partition coefficient (Wildman–Crippen LogP) is 4.19. The minimum atomic E-state index is -0.747. The molecule has 0 aliphatic carbocycles. The van der Waals surface area contributed by atoms with Gasteiger partial charge in [-0.2, -0.15) is 0 Å². The summed E-state index contributed by atoms with van der Waals surface area (Å²) in [7, 11) is 0. The number of nitrogens with zero attached hydrogens (tertiary/aromatic N) is 3. The van der Waals surface area contributed by atoms with Crippen molar-refractivity contribution in [2.45, 2.75) is 42.0 Å². The van der Waals surface area contributed by atoms with Crippen molar-refractivity contribution in [1.82, 2.24) is 9.47 Å². The molecule has 0 spiro atoms. The quantitative estimate of drug-likeness (QED) is 0.443. The second kappa shape index (κ2) is 10.0. The van der Waals surface area contributed by atoms with Gasteiger partial charge in [0.25, 0.3) is 0 Å². The zero-order valence-corrected chi connectivity index (χ0v) is 23.4. The maximum absolute atomic E-state index is 13.9. The summed E-state index contributed by atoms with van der Waals surface area (Å²) >= 11 is 5.63. The molecule has 0 radical (unpaired) electrons. The highest BCUT2D eigenvalue weighted by atomic mass is 79.9. The molecule has 1 aromatic heterocycles. The van der Waals surface area contributed by atoms with Gasteiger partial charge in [-0.1, -0.05) is 51.2 Å². The van der Waals surface area contributed by atoms with E-state index < -0.39 is 17.1 Å². The van der Waals surface area contributed by atoms with Crippen LogP contribution in [0.1, 0.15) is 35.6 Å². The summed E-state index contributed by atoms with van der Waals surface area (Å²) in [5.41, 5.74) is 1.22. The average Bonchev–Trinajstić information content (AvgIpc) is 3.36. The molecule has 1 N–H and O–H groups in total. The molecule has 4 heterocycles. The molecule has 6 rings (SSSR count). The molecule has 3 aliphatic rings. The van der Waals surface area contributed by atoms with Gasteiger partial charge in [-0.15, -0.1) is 0 Å². The van der Waals surface area contributed by atoms with Crippen LogP contribution >= 0.6 is 39.0 Å². The minimum absolute atomic E-state index is 0.0823. The van der Waals surface area contributed by atoms with Gasteiger partial charge in [0.1, 0.15) is 17.5 Å². The lowest BCUT2D eigenvalue weighted by Crippen LogP contribution is -2.39. The standard InChI is InChI=1S/C27H24BrN3O5S2/c28-16-6-8-17(9-7-16)31-24(34)21-20(15-4-10-18(32)11-5-15)23-26(37-22(21)25(31)35)30(27(36)38-23)14-19(33)29-12-2-1-3-13-29/h4-11,20-22,32H,1-3,12-14H2/t20-,21+,22-/m0/s1. The Bertz CT molecular complexity index is 1480. The van der Waals surface area contributed by atoms with Crippen LogP contribution in [0.15, 0.2) is 62.8 Å². The van der Waals surface area contributed by atoms with Gasteiger partial charge in [0.2, 0.25) is 17.7 Å². The molecule has 0 bridgehead atoms. The molecule has 2 saturated heterocycles. The lowest BCUT2D eigenvalue weighted by molar-refractivity contribution is -0.133. The Balaban J connectivity index is 1.43. The molecule has 3 amide bonds. The molecular formula is C27H24BrN3O5S2. The minimum Gasteiger partial charge on any atom is -0.508 e. The topological polar surface area (TPSA) is 99.9 Å². The lowest BCUT2D eigenvalue weighted by atomic mass is 9.83. The zero-order chi connectivity index (χ0) is 26.6. The number of amides is 3. The first-order valence-corrected chi connectivity index (χ1v) is 14.9. The van der Waals surface area contributed by atoms with Crippen molar-refractivity contribution >= 4 is 62.4 Å². The normalized spacial score (nSPS) is 22.9. The Labute approximate surface area is 235 Å². The van der Waals surface area contributed by atoms with E-state index in [-0.39, 0.29) is 34.9 Å². The first-order chi connectivity index (χ1) is 18.3. The number of likely N-dealkylation sites (tertiary alicyclic amines) is 1. The Morgan fingerprint density at radius 3 is 2.32 bits per heavy atom. The number of hydrogen-bond acceptors (Lipinski definition) is 7. The van der Waals surface area contributed by atoms with Gasteiger partial charge < -0.3 is 10.0 Å². The molecule has 2 aromatic carbocycles. The van der Waals surface area contributed by atoms with Crippen molar-refractivity contribution in [3.8, 4) is 5.75 Å². The number of imide groups is 1. The Kier molecular flexibility index (Phi) is 6.69. The predicted molar refractivity (Wildman–Crippen MR) is 149 cm³/mol. The summed E-state index contributed by atoms with van der Waals surface area (Å²) in [6.07, 6.45) is 2.99. The number of anilines is 1. The number of thiazole rings is 1. The first kappa shape index (κ1) is 25.4. The first-order valence-electron chi connectivity index (χ1n) is 12.4. The van der Waals surface area contributed by atoms with Gasteiger partial charge in [-0.05, 0) is 61.2 Å². The maximum atomic E-state index is 13.9. The van der Waals surface area contributed by atoms with E-state index in [0.29, 0.717) is 28.7 Å². The van der Waals surface area contributed by atoms with E-state index in [1.54, 1.807) is 53.4 Å². The Morgan fingerprint density at radius 1 is 0.947 bits per heavy atom. The van der Waals surface area contributed by atoms with Crippen molar-refractivity contribution in [2.24, 2.45) is 5.92 Å². The Morgan fingerprint density at radius 2 is 1.63 bits per heavy atom. The number of fused-ring (bicyclic) bond motifs is 2. The molecule has 11 heteroatoms. The van der Waals surface area contributed by atoms with Crippen molar-refractivity contribution in [1.29, 1.82) is 0 Å². The number of thioether (sulfide) groups is 1. The molecule has 3 atom stereocenters. The van der Waals surface area contributed by atoms with Crippen LogP contribution < -0.4 is 9.77 Å². The van der Waals surface area contributed by atoms with E-state index in [9.17, 15) is 24.3 Å². The van der Waals surface area contributed by atoms with Crippen LogP contribution in [-0.4, -0.2) is 50.6 Å². The lowest BCUT2D eigenvalue weighted by Gasteiger charge is -2.31. The zero-order valence-electron chi connectivity index (χ0n) is 20.2. The van der Waals surface area contributed by atoms with Gasteiger partial charge in [0.05, 0.1) is 16.6 Å². The van der Waals surface area contributed by atoms with Crippen LogP contribution in [0.25, 0.3) is 0 Å². The summed E-state index contributed by atoms with van der Waals surface area (Å²) in [5.74, 6) is -1.97. The van der Waals surface area contributed by atoms with Gasteiger partial charge in [-0.25, -0.2) is 4.90 Å². The van der Waals surface area contributed by atoms with E-state index in [0.717, 1.165) is 40.6 Å². The smallest absolute Gasteiger partial charge is 0.308 e. The van der Waals surface area contributed by atoms with Gasteiger partial charge >= 0.3 is 4.87 Å². The highest BCUT2D eigenvalue weighted by molar-refractivity contribution is 9.10. The fraction of sp³-hybridized carbons (Fsp3) is 0.333. The number of hydrogen-bond donors (Lipinski definition) is 1. The molecule has 2 fully saturated rings. The monoisotopic (exact) mass is 613 g/mol. The second-order valence-corrected chi connectivity index (χ2v) is 12.7. The van der Waals surface area contributed by atoms with E-state index in [2.05, 4.69) is 15.9 Å². The largest absolute Gasteiger partial charge is 0.508 e. The maximum Gasteiger partial charge on any atom is 0.308 e. The summed E-state index contributed by atoms with van der Waals surface area (Å²) in [4.78, 5) is 57.4. The highest BCUT2D eigenvalue weighted by Crippen LogP contribution is 2.54. The fourth-order valence-corrected chi connectivity index (χ4v) is 8.56. The van der Waals surface area contributed by atoms with E-state index >= 15 is 0 Å². The Hall–Kier alpha value is -2.89. The van der Waals surface area contributed by atoms with Crippen LogP contribution in [0, 0.1) is 5.92 Å². The summed E-state index contributed by atoms with van der Waals surface area (Å²) in [6, 6.07) is 13.5. The molecule has 3 aromatic rings. The molecule has 8 nitrogen and oxygen atoms in total. The van der Waals surface area contributed by atoms with Crippen molar-refractivity contribution < 1.29 is 19.5 Å². The number of piperidine rings is 1. The molecule has 0 unspecified atom stereocenters. The van der Waals surface area contributed by atoms with Crippen LogP contribution in [-0.2, 0) is 20.9 Å². The number of rotatable bonds is 4. The third-order valence-corrected chi connectivity index (χ3v) is 10.5. The SMILES string of the molecule is O=C(Cn1c2c(sc1=O)[C@@H](c1ccc(O)cc1)[C@H]1C(=O)N(c3ccc(Br)cc3)C(=O)[C@H]1S2)N1CCCCC1. The number of carbonyl (C=O) groups excluding carboxylic acids is 3. The van der Waals surface area contributed by atoms with E-state index in [1.807, 2.05) is 0 Å². The molecule has 196 valence electrons. The second-order valence-electron chi connectivity index (χ2n) is 9.69. The summed E-state index contributed by atoms with van der Waals surface area (Å²) in [6.45, 7) is 1.28. The third kappa shape index (κ3) is 4.30. The van der Waals surface area contributed by atoms with E-state index in [4.69, 9.17) is 0 Å². The van der Waals surface area contributed by atoms with Crippen molar-refractivity contribution in [2.75, 3.05) is 18.0 Å². The number of carbonyl (C=O) groups is 3. The van der Waals surface area contributed by atoms with Crippen molar-refractivity contribution in [3.63, 3.8) is 0 Å². The van der Waals surface area contributed by atoms with Crippen molar-refractivity contribution in [3.05, 3.63) is 73.1 Å². The number of phenolic OH excluding ortho intramolecular Hbond substituents is 1. The van der Waals surface area contributed by atoms with Crippen LogP contribution in [0.3, 0.4) is 0 Å². The molecule has 38 heavy (non-hydrogen) atoms. The van der Waals surface area contributed by atoms with Gasteiger partial charge in [-0.3, -0.25) is 23.7 Å². The summed E-state index contributed by atoms with van der Waals surface area (Å²) in [5, 5.41) is 9.71. The highest BCUT2D eigenvalue weighted by Gasteiger charge is 2.56. The van der Waals surface area contributed by atoms with Crippen LogP contribution in [0.4, 0.5) is 5.69 Å². The van der Waals surface area contributed by atoms with Crippen LogP contribution in [0.5, 0.6) is 5.75 Å². The number of halogens is 1. The molecular weight excluding hydrogens is 590 g/mol. The van der Waals surface area contributed by atoms with Gasteiger partial charge in [0, 0.05) is 28.4 Å². The fourth-order valence-electron chi connectivity index (χ4n) is 5.52. The number of aromatic hydroxyl groups is 1. The number of aromatic nitrogens is 1. The van der Waals surface area contributed by atoms with E-state index in [1.165, 1.54) is 21.2 Å². The average molecular weight is 615 g/mol.